The number of hydrogen-bond acceptors (Lipinski definition) is 7. The maximum absolute atomic E-state index is 13.0. The number of amides is 3. The Labute approximate surface area is 206 Å². The van der Waals surface area contributed by atoms with Gasteiger partial charge >= 0.3 is 5.97 Å². The number of carbonyl (C=O) groups is 4. The Hall–Kier alpha value is -3.02. The van der Waals surface area contributed by atoms with E-state index in [-0.39, 0.29) is 18.8 Å². The molecule has 4 atom stereocenters. The van der Waals surface area contributed by atoms with Crippen molar-refractivity contribution in [2.45, 2.75) is 70.1 Å². The molecule has 4 unspecified atom stereocenters. The van der Waals surface area contributed by atoms with Crippen LogP contribution in [-0.2, 0) is 25.6 Å². The van der Waals surface area contributed by atoms with Gasteiger partial charge in [0.15, 0.2) is 0 Å². The Morgan fingerprint density at radius 2 is 1.46 bits per heavy atom. The second kappa shape index (κ2) is 15.8. The fourth-order valence-corrected chi connectivity index (χ4v) is 3.41. The third-order valence-electron chi connectivity index (χ3n) is 5.36. The van der Waals surface area contributed by atoms with E-state index in [2.05, 4.69) is 16.0 Å². The molecule has 0 radical (unpaired) electrons. The number of aliphatic hydroxyl groups is 1. The van der Waals surface area contributed by atoms with Gasteiger partial charge in [0.25, 0.3) is 0 Å². The van der Waals surface area contributed by atoms with Gasteiger partial charge in [-0.25, -0.2) is 4.79 Å². The highest BCUT2D eigenvalue weighted by Crippen LogP contribution is 2.08. The lowest BCUT2D eigenvalue weighted by Gasteiger charge is -2.25. The summed E-state index contributed by atoms with van der Waals surface area (Å²) in [7, 11) is 0. The smallest absolute Gasteiger partial charge is 0.326 e. The van der Waals surface area contributed by atoms with E-state index in [0.29, 0.717) is 25.8 Å². The van der Waals surface area contributed by atoms with Crippen LogP contribution >= 0.6 is 0 Å². The Kier molecular flexibility index (Phi) is 13.5. The molecule has 0 fully saturated rings. The standard InChI is InChI=1S/C24H39N5O6/c1-15(2)12-19(24(34)35)28-22(32)18(13-16-8-4-3-5-9-16)27-23(33)20(14-30)29-21(31)17(26)10-6-7-11-25/h3-5,8-9,15,17-20,30H,6-7,10-14,25-26H2,1-2H3,(H,27,33)(H,28,32)(H,29,31)(H,34,35). The summed E-state index contributed by atoms with van der Waals surface area (Å²) in [6.07, 6.45) is 2.01. The number of carboxylic acid groups (broad SMARTS) is 1. The van der Waals surface area contributed by atoms with Crippen molar-refractivity contribution in [2.24, 2.45) is 17.4 Å². The van der Waals surface area contributed by atoms with Gasteiger partial charge in [-0.1, -0.05) is 50.6 Å². The minimum Gasteiger partial charge on any atom is -0.480 e. The molecular weight excluding hydrogens is 454 g/mol. The quantitative estimate of drug-likeness (QED) is 0.146. The summed E-state index contributed by atoms with van der Waals surface area (Å²) in [6.45, 7) is 3.43. The molecule has 9 N–H and O–H groups in total. The van der Waals surface area contributed by atoms with Crippen molar-refractivity contribution < 1.29 is 29.4 Å². The molecule has 0 saturated carbocycles. The zero-order chi connectivity index (χ0) is 26.4. The van der Waals surface area contributed by atoms with E-state index in [9.17, 15) is 29.4 Å². The SMILES string of the molecule is CC(C)CC(NC(=O)C(Cc1ccccc1)NC(=O)C(CO)NC(=O)C(N)CCCCN)C(=O)O. The lowest BCUT2D eigenvalue weighted by molar-refractivity contribution is -0.142. The number of aliphatic carboxylic acids is 1. The Morgan fingerprint density at radius 3 is 2.00 bits per heavy atom. The van der Waals surface area contributed by atoms with E-state index in [0.717, 1.165) is 5.56 Å². The maximum atomic E-state index is 13.0. The van der Waals surface area contributed by atoms with Crippen molar-refractivity contribution in [3.63, 3.8) is 0 Å². The molecule has 11 nitrogen and oxygen atoms in total. The molecule has 1 aromatic carbocycles. The molecule has 0 bridgehead atoms. The first-order valence-corrected chi connectivity index (χ1v) is 11.8. The molecular formula is C24H39N5O6. The molecule has 0 aromatic heterocycles. The van der Waals surface area contributed by atoms with Crippen LogP contribution < -0.4 is 27.4 Å². The third-order valence-corrected chi connectivity index (χ3v) is 5.36. The number of nitrogens with one attached hydrogen (secondary N) is 3. The van der Waals surface area contributed by atoms with Gasteiger partial charge in [0.1, 0.15) is 18.1 Å². The van der Waals surface area contributed by atoms with Crippen LogP contribution in [0.4, 0.5) is 0 Å². The molecule has 3 amide bonds. The van der Waals surface area contributed by atoms with Crippen LogP contribution in [0, 0.1) is 5.92 Å². The predicted molar refractivity (Wildman–Crippen MR) is 131 cm³/mol. The van der Waals surface area contributed by atoms with E-state index in [4.69, 9.17) is 11.5 Å². The number of unbranched alkanes of at least 4 members (excludes halogenated alkanes) is 1. The number of aliphatic hydroxyl groups excluding tert-OH is 1. The van der Waals surface area contributed by atoms with Gasteiger partial charge in [0, 0.05) is 6.42 Å². The Balaban J connectivity index is 2.95. The number of carboxylic acids is 1. The molecule has 11 heteroatoms. The summed E-state index contributed by atoms with van der Waals surface area (Å²) in [4.78, 5) is 49.8. The number of nitrogens with two attached hydrogens (primary N) is 2. The summed E-state index contributed by atoms with van der Waals surface area (Å²) in [5, 5.41) is 26.6. The summed E-state index contributed by atoms with van der Waals surface area (Å²) in [6, 6.07) is 4.40. The van der Waals surface area contributed by atoms with Crippen molar-refractivity contribution in [1.82, 2.24) is 16.0 Å². The number of rotatable bonds is 16. The average molecular weight is 494 g/mol. The zero-order valence-corrected chi connectivity index (χ0v) is 20.4. The minimum absolute atomic E-state index is 0.0154. The average Bonchev–Trinajstić information content (AvgIpc) is 2.81. The van der Waals surface area contributed by atoms with Gasteiger partial charge in [0.2, 0.25) is 17.7 Å². The molecule has 0 spiro atoms. The number of hydrogen-bond donors (Lipinski definition) is 7. The van der Waals surface area contributed by atoms with Crippen molar-refractivity contribution in [3.8, 4) is 0 Å². The third kappa shape index (κ3) is 11.3. The maximum Gasteiger partial charge on any atom is 0.326 e. The van der Waals surface area contributed by atoms with Crippen molar-refractivity contribution in [2.75, 3.05) is 13.2 Å². The van der Waals surface area contributed by atoms with Crippen molar-refractivity contribution in [1.29, 1.82) is 0 Å². The summed E-state index contributed by atoms with van der Waals surface area (Å²) in [5.74, 6) is -3.25. The van der Waals surface area contributed by atoms with Gasteiger partial charge in [-0.15, -0.1) is 0 Å². The van der Waals surface area contributed by atoms with Crippen LogP contribution in [0.2, 0.25) is 0 Å². The summed E-state index contributed by atoms with van der Waals surface area (Å²) >= 11 is 0. The van der Waals surface area contributed by atoms with Crippen LogP contribution in [0.15, 0.2) is 30.3 Å². The molecule has 0 aliphatic carbocycles. The highest BCUT2D eigenvalue weighted by atomic mass is 16.4. The lowest BCUT2D eigenvalue weighted by atomic mass is 10.0. The highest BCUT2D eigenvalue weighted by Gasteiger charge is 2.30. The van der Waals surface area contributed by atoms with Crippen LogP contribution in [0.5, 0.6) is 0 Å². The first-order chi connectivity index (χ1) is 16.6. The predicted octanol–water partition coefficient (Wildman–Crippen LogP) is -0.737. The van der Waals surface area contributed by atoms with Crippen LogP contribution in [0.1, 0.15) is 45.1 Å². The molecule has 1 aromatic rings. The highest BCUT2D eigenvalue weighted by molar-refractivity contribution is 5.94. The van der Waals surface area contributed by atoms with Gasteiger partial charge in [-0.3, -0.25) is 14.4 Å². The molecule has 0 saturated heterocycles. The van der Waals surface area contributed by atoms with Crippen LogP contribution in [0.25, 0.3) is 0 Å². The van der Waals surface area contributed by atoms with E-state index >= 15 is 0 Å². The second-order valence-electron chi connectivity index (χ2n) is 8.91. The zero-order valence-electron chi connectivity index (χ0n) is 20.4. The fourth-order valence-electron chi connectivity index (χ4n) is 3.41. The van der Waals surface area contributed by atoms with Gasteiger partial charge in [-0.2, -0.15) is 0 Å². The van der Waals surface area contributed by atoms with Crippen LogP contribution in [0.3, 0.4) is 0 Å². The largest absolute Gasteiger partial charge is 0.480 e. The van der Waals surface area contributed by atoms with Gasteiger partial charge < -0.3 is 37.6 Å². The molecule has 196 valence electrons. The minimum atomic E-state index is -1.33. The van der Waals surface area contributed by atoms with E-state index < -0.39 is 54.5 Å². The van der Waals surface area contributed by atoms with E-state index in [1.165, 1.54) is 0 Å². The molecule has 0 aliphatic rings. The number of carbonyl (C=O) groups excluding carboxylic acids is 3. The van der Waals surface area contributed by atoms with Crippen molar-refractivity contribution in [3.05, 3.63) is 35.9 Å². The normalized spacial score (nSPS) is 14.5. The van der Waals surface area contributed by atoms with E-state index in [1.807, 2.05) is 13.8 Å². The van der Waals surface area contributed by atoms with Gasteiger partial charge in [-0.05, 0) is 37.3 Å². The summed E-state index contributed by atoms with van der Waals surface area (Å²) in [5.41, 5.74) is 12.0. The Bertz CT molecular complexity index is 820. The fraction of sp³-hybridized carbons (Fsp3) is 0.583. The Morgan fingerprint density at radius 1 is 0.886 bits per heavy atom. The molecule has 35 heavy (non-hydrogen) atoms. The van der Waals surface area contributed by atoms with Gasteiger partial charge in [0.05, 0.1) is 12.6 Å². The molecule has 1 rings (SSSR count). The molecule has 0 heterocycles. The molecule has 0 aliphatic heterocycles. The lowest BCUT2D eigenvalue weighted by Crippen LogP contribution is -2.58. The number of benzene rings is 1. The first kappa shape index (κ1) is 30.0. The monoisotopic (exact) mass is 493 g/mol. The van der Waals surface area contributed by atoms with Crippen LogP contribution in [-0.4, -0.2) is 71.2 Å². The second-order valence-corrected chi connectivity index (χ2v) is 8.91. The summed E-state index contributed by atoms with van der Waals surface area (Å²) < 4.78 is 0. The first-order valence-electron chi connectivity index (χ1n) is 11.8. The van der Waals surface area contributed by atoms with Crippen molar-refractivity contribution >= 4 is 23.7 Å². The topological polar surface area (TPSA) is 197 Å². The van der Waals surface area contributed by atoms with E-state index in [1.54, 1.807) is 30.3 Å².